The van der Waals surface area contributed by atoms with E-state index in [1.807, 2.05) is 24.3 Å². The van der Waals surface area contributed by atoms with Gasteiger partial charge in [-0.3, -0.25) is 4.79 Å². The number of fused-ring (bicyclic) bond motifs is 1. The maximum atomic E-state index is 12.0. The minimum Gasteiger partial charge on any atom is -0.350 e. The fourth-order valence-electron chi connectivity index (χ4n) is 2.62. The molecule has 0 radical (unpaired) electrons. The first-order valence-electron chi connectivity index (χ1n) is 7.27. The lowest BCUT2D eigenvalue weighted by Gasteiger charge is -2.11. The highest BCUT2D eigenvalue weighted by atomic mass is 79.9. The molecule has 0 atom stereocenters. The fourth-order valence-corrected chi connectivity index (χ4v) is 3.05. The quantitative estimate of drug-likeness (QED) is 0.924. The second-order valence-electron chi connectivity index (χ2n) is 5.34. The number of hydrogen-bond acceptors (Lipinski definition) is 2. The summed E-state index contributed by atoms with van der Waals surface area (Å²) in [5.41, 5.74) is 1.95. The number of benzene rings is 1. The minimum atomic E-state index is 0.0212. The van der Waals surface area contributed by atoms with Crippen LogP contribution in [0.4, 0.5) is 0 Å². The molecule has 0 saturated carbocycles. The van der Waals surface area contributed by atoms with E-state index in [0.717, 1.165) is 34.5 Å². The van der Waals surface area contributed by atoms with Crippen molar-refractivity contribution >= 4 is 21.8 Å². The van der Waals surface area contributed by atoms with E-state index in [9.17, 15) is 4.79 Å². The van der Waals surface area contributed by atoms with Crippen molar-refractivity contribution in [2.45, 2.75) is 38.8 Å². The standard InChI is InChI=1S/C16H18BrN3O/c17-14-6-2-1-5-12(14)9-16(21)18-10-13-11-20-8-4-3-7-15(20)19-13/h1-2,5-6,11H,3-4,7-10H2,(H,18,21). The van der Waals surface area contributed by atoms with Gasteiger partial charge in [0.1, 0.15) is 5.82 Å². The normalized spacial score (nSPS) is 13.8. The largest absolute Gasteiger partial charge is 0.350 e. The van der Waals surface area contributed by atoms with E-state index in [-0.39, 0.29) is 5.91 Å². The molecule has 1 aromatic heterocycles. The number of aromatic nitrogens is 2. The second kappa shape index (κ2) is 6.43. The lowest BCUT2D eigenvalue weighted by atomic mass is 10.1. The third kappa shape index (κ3) is 3.53. The lowest BCUT2D eigenvalue weighted by molar-refractivity contribution is -0.120. The van der Waals surface area contributed by atoms with Crippen LogP contribution >= 0.6 is 15.9 Å². The summed E-state index contributed by atoms with van der Waals surface area (Å²) in [6.45, 7) is 1.55. The molecule has 2 aromatic rings. The lowest BCUT2D eigenvalue weighted by Crippen LogP contribution is -2.24. The molecule has 0 fully saturated rings. The van der Waals surface area contributed by atoms with E-state index in [1.54, 1.807) is 0 Å². The SMILES string of the molecule is O=C(Cc1ccccc1Br)NCc1cn2c(n1)CCCC2. The molecule has 1 aliphatic heterocycles. The molecule has 0 saturated heterocycles. The Balaban J connectivity index is 1.56. The van der Waals surface area contributed by atoms with Gasteiger partial charge < -0.3 is 9.88 Å². The molecule has 5 heteroatoms. The highest BCUT2D eigenvalue weighted by Crippen LogP contribution is 2.17. The summed E-state index contributed by atoms with van der Waals surface area (Å²) in [5, 5.41) is 2.95. The van der Waals surface area contributed by atoms with Crippen molar-refractivity contribution in [2.24, 2.45) is 0 Å². The van der Waals surface area contributed by atoms with Crippen molar-refractivity contribution in [3.63, 3.8) is 0 Å². The molecule has 4 nitrogen and oxygen atoms in total. The predicted octanol–water partition coefficient (Wildman–Crippen LogP) is 2.84. The monoisotopic (exact) mass is 347 g/mol. The van der Waals surface area contributed by atoms with E-state index in [1.165, 1.54) is 12.8 Å². The van der Waals surface area contributed by atoms with Crippen molar-refractivity contribution in [1.82, 2.24) is 14.9 Å². The molecule has 2 heterocycles. The number of aryl methyl sites for hydroxylation is 2. The molecule has 0 bridgehead atoms. The van der Waals surface area contributed by atoms with Crippen molar-refractivity contribution in [3.8, 4) is 0 Å². The zero-order chi connectivity index (χ0) is 14.7. The minimum absolute atomic E-state index is 0.0212. The predicted molar refractivity (Wildman–Crippen MR) is 84.9 cm³/mol. The summed E-state index contributed by atoms with van der Waals surface area (Å²) < 4.78 is 3.18. The Morgan fingerprint density at radius 1 is 1.33 bits per heavy atom. The van der Waals surface area contributed by atoms with Gasteiger partial charge in [0.15, 0.2) is 0 Å². The van der Waals surface area contributed by atoms with Gasteiger partial charge in [-0.2, -0.15) is 0 Å². The van der Waals surface area contributed by atoms with E-state index in [2.05, 4.69) is 37.0 Å². The molecule has 1 aliphatic rings. The highest BCUT2D eigenvalue weighted by Gasteiger charge is 2.13. The van der Waals surface area contributed by atoms with E-state index in [0.29, 0.717) is 13.0 Å². The summed E-state index contributed by atoms with van der Waals surface area (Å²) in [5.74, 6) is 1.17. The molecule has 1 aromatic carbocycles. The molecule has 3 rings (SSSR count). The van der Waals surface area contributed by atoms with Crippen molar-refractivity contribution in [3.05, 3.63) is 52.0 Å². The average molecular weight is 348 g/mol. The van der Waals surface area contributed by atoms with Crippen LogP contribution in [0.15, 0.2) is 34.9 Å². The van der Waals surface area contributed by atoms with Crippen molar-refractivity contribution in [2.75, 3.05) is 0 Å². The number of nitrogens with zero attached hydrogens (tertiary/aromatic N) is 2. The summed E-state index contributed by atoms with van der Waals surface area (Å²) in [6.07, 6.45) is 5.93. The van der Waals surface area contributed by atoms with E-state index < -0.39 is 0 Å². The van der Waals surface area contributed by atoms with Gasteiger partial charge in [0.25, 0.3) is 0 Å². The molecule has 0 aliphatic carbocycles. The van der Waals surface area contributed by atoms with Crippen LogP contribution in [0.1, 0.15) is 29.9 Å². The van der Waals surface area contributed by atoms with Crippen LogP contribution in [-0.4, -0.2) is 15.5 Å². The Morgan fingerprint density at radius 3 is 3.00 bits per heavy atom. The van der Waals surface area contributed by atoms with Crippen LogP contribution in [-0.2, 0) is 30.7 Å². The summed E-state index contributed by atoms with van der Waals surface area (Å²) in [6, 6.07) is 7.79. The molecule has 1 amide bonds. The van der Waals surface area contributed by atoms with Gasteiger partial charge in [-0.05, 0) is 24.5 Å². The topological polar surface area (TPSA) is 46.9 Å². The summed E-state index contributed by atoms with van der Waals surface area (Å²) in [4.78, 5) is 16.6. The van der Waals surface area contributed by atoms with Crippen LogP contribution in [0.3, 0.4) is 0 Å². The Morgan fingerprint density at radius 2 is 2.19 bits per heavy atom. The first-order chi connectivity index (χ1) is 10.2. The zero-order valence-electron chi connectivity index (χ0n) is 11.8. The van der Waals surface area contributed by atoms with Crippen LogP contribution < -0.4 is 5.32 Å². The van der Waals surface area contributed by atoms with E-state index in [4.69, 9.17) is 0 Å². The number of rotatable bonds is 4. The molecule has 1 N–H and O–H groups in total. The number of carbonyl (C=O) groups excluding carboxylic acids is 1. The van der Waals surface area contributed by atoms with Crippen LogP contribution in [0.2, 0.25) is 0 Å². The number of halogens is 1. The van der Waals surface area contributed by atoms with Gasteiger partial charge in [0.05, 0.1) is 18.7 Å². The maximum Gasteiger partial charge on any atom is 0.224 e. The molecule has 0 unspecified atom stereocenters. The van der Waals surface area contributed by atoms with Gasteiger partial charge in [0, 0.05) is 23.6 Å². The zero-order valence-corrected chi connectivity index (χ0v) is 13.4. The number of amides is 1. The maximum absolute atomic E-state index is 12.0. The number of hydrogen-bond donors (Lipinski definition) is 1. The molecular formula is C16H18BrN3O. The van der Waals surface area contributed by atoms with Crippen molar-refractivity contribution in [1.29, 1.82) is 0 Å². The van der Waals surface area contributed by atoms with Gasteiger partial charge in [-0.25, -0.2) is 4.98 Å². The number of imidazole rings is 1. The van der Waals surface area contributed by atoms with Gasteiger partial charge in [-0.1, -0.05) is 34.1 Å². The third-order valence-corrected chi connectivity index (χ3v) is 4.51. The average Bonchev–Trinajstić information content (AvgIpc) is 2.90. The Labute approximate surface area is 132 Å². The van der Waals surface area contributed by atoms with Crippen LogP contribution in [0, 0.1) is 0 Å². The Hall–Kier alpha value is -1.62. The number of nitrogens with one attached hydrogen (secondary N) is 1. The summed E-state index contributed by atoms with van der Waals surface area (Å²) >= 11 is 3.46. The smallest absolute Gasteiger partial charge is 0.224 e. The highest BCUT2D eigenvalue weighted by molar-refractivity contribution is 9.10. The van der Waals surface area contributed by atoms with Crippen LogP contribution in [0.5, 0.6) is 0 Å². The molecular weight excluding hydrogens is 330 g/mol. The first-order valence-corrected chi connectivity index (χ1v) is 8.07. The molecule has 0 spiro atoms. The third-order valence-electron chi connectivity index (χ3n) is 3.73. The summed E-state index contributed by atoms with van der Waals surface area (Å²) in [7, 11) is 0. The Kier molecular flexibility index (Phi) is 4.39. The molecule has 21 heavy (non-hydrogen) atoms. The second-order valence-corrected chi connectivity index (χ2v) is 6.20. The van der Waals surface area contributed by atoms with E-state index >= 15 is 0 Å². The first kappa shape index (κ1) is 14.3. The fraction of sp³-hybridized carbons (Fsp3) is 0.375. The van der Waals surface area contributed by atoms with Gasteiger partial charge >= 0.3 is 0 Å². The number of carbonyl (C=O) groups is 1. The van der Waals surface area contributed by atoms with Gasteiger partial charge in [-0.15, -0.1) is 0 Å². The van der Waals surface area contributed by atoms with Gasteiger partial charge in [0.2, 0.25) is 5.91 Å². The van der Waals surface area contributed by atoms with Crippen LogP contribution in [0.25, 0.3) is 0 Å². The molecule has 110 valence electrons. The van der Waals surface area contributed by atoms with Crippen molar-refractivity contribution < 1.29 is 4.79 Å². The Bertz CT molecular complexity index is 627.